The van der Waals surface area contributed by atoms with E-state index in [1.54, 1.807) is 0 Å². The second-order valence-electron chi connectivity index (χ2n) is 7.54. The molecular formula is C26H18O2. The highest BCUT2D eigenvalue weighted by Gasteiger charge is 2.10. The monoisotopic (exact) mass is 362 g/mol. The first-order chi connectivity index (χ1) is 13.7. The van der Waals surface area contributed by atoms with Crippen LogP contribution in [0.2, 0.25) is 0 Å². The van der Waals surface area contributed by atoms with Crippen LogP contribution in [0.4, 0.5) is 0 Å². The molecule has 0 fully saturated rings. The van der Waals surface area contributed by atoms with Crippen molar-refractivity contribution in [2.75, 3.05) is 0 Å². The summed E-state index contributed by atoms with van der Waals surface area (Å²) in [6.45, 7) is 2.09. The van der Waals surface area contributed by atoms with Gasteiger partial charge in [-0.3, -0.25) is 0 Å². The summed E-state index contributed by atoms with van der Waals surface area (Å²) in [4.78, 5) is 0. The smallest absolute Gasteiger partial charge is 0.135 e. The predicted octanol–water partition coefficient (Wildman–Crippen LogP) is 7.38. The quantitative estimate of drug-likeness (QED) is 0.321. The molecule has 0 bridgehead atoms. The van der Waals surface area contributed by atoms with E-state index in [4.69, 9.17) is 8.83 Å². The van der Waals surface area contributed by atoms with Crippen molar-refractivity contribution < 1.29 is 8.83 Å². The van der Waals surface area contributed by atoms with Gasteiger partial charge in [0.25, 0.3) is 0 Å². The highest BCUT2D eigenvalue weighted by molar-refractivity contribution is 6.06. The van der Waals surface area contributed by atoms with Gasteiger partial charge in [0.2, 0.25) is 0 Å². The van der Waals surface area contributed by atoms with Crippen molar-refractivity contribution >= 4 is 43.9 Å². The predicted molar refractivity (Wildman–Crippen MR) is 115 cm³/mol. The van der Waals surface area contributed by atoms with Gasteiger partial charge in [0.15, 0.2) is 0 Å². The van der Waals surface area contributed by atoms with Crippen molar-refractivity contribution in [2.45, 2.75) is 13.3 Å². The number of hydrogen-bond acceptors (Lipinski definition) is 2. The molecule has 2 heteroatoms. The molecule has 0 saturated carbocycles. The second kappa shape index (κ2) is 5.74. The molecule has 2 aromatic heterocycles. The molecule has 6 aromatic rings. The Kier molecular flexibility index (Phi) is 3.18. The number of furan rings is 2. The number of hydrogen-bond donors (Lipinski definition) is 0. The molecule has 0 amide bonds. The Morgan fingerprint density at radius 1 is 0.536 bits per heavy atom. The molecule has 0 aliphatic heterocycles. The Labute approximate surface area is 162 Å². The van der Waals surface area contributed by atoms with Gasteiger partial charge in [-0.1, -0.05) is 48.5 Å². The molecule has 0 aliphatic carbocycles. The Morgan fingerprint density at radius 2 is 1.18 bits per heavy atom. The average Bonchev–Trinajstić information content (AvgIpc) is 3.24. The maximum absolute atomic E-state index is 6.04. The van der Waals surface area contributed by atoms with Crippen molar-refractivity contribution in [1.82, 2.24) is 0 Å². The summed E-state index contributed by atoms with van der Waals surface area (Å²) in [5.74, 6) is 0. The first kappa shape index (κ1) is 15.5. The molecule has 0 radical (unpaired) electrons. The van der Waals surface area contributed by atoms with Crippen LogP contribution in [0.3, 0.4) is 0 Å². The average molecular weight is 362 g/mol. The zero-order valence-corrected chi connectivity index (χ0v) is 15.5. The van der Waals surface area contributed by atoms with Gasteiger partial charge in [0.05, 0.1) is 0 Å². The van der Waals surface area contributed by atoms with E-state index in [1.165, 1.54) is 38.2 Å². The minimum atomic E-state index is 0.863. The van der Waals surface area contributed by atoms with Gasteiger partial charge in [-0.2, -0.15) is 0 Å². The molecule has 134 valence electrons. The summed E-state index contributed by atoms with van der Waals surface area (Å²) in [6.07, 6.45) is 0.863. The topological polar surface area (TPSA) is 26.3 Å². The summed E-state index contributed by atoms with van der Waals surface area (Å²) in [7, 11) is 0. The van der Waals surface area contributed by atoms with Crippen LogP contribution in [-0.4, -0.2) is 0 Å². The number of para-hydroxylation sites is 1. The molecule has 6 rings (SSSR count). The number of benzene rings is 4. The highest BCUT2D eigenvalue weighted by atomic mass is 16.3. The lowest BCUT2D eigenvalue weighted by molar-refractivity contribution is 0.667. The third kappa shape index (κ3) is 2.35. The molecule has 0 aliphatic rings. The van der Waals surface area contributed by atoms with Crippen LogP contribution >= 0.6 is 0 Å². The lowest BCUT2D eigenvalue weighted by Gasteiger charge is -2.03. The van der Waals surface area contributed by atoms with Gasteiger partial charge in [0.1, 0.15) is 22.3 Å². The zero-order valence-electron chi connectivity index (χ0n) is 15.5. The van der Waals surface area contributed by atoms with E-state index >= 15 is 0 Å². The van der Waals surface area contributed by atoms with Crippen molar-refractivity contribution in [2.24, 2.45) is 0 Å². The van der Waals surface area contributed by atoms with Gasteiger partial charge < -0.3 is 8.83 Å². The van der Waals surface area contributed by atoms with E-state index in [9.17, 15) is 0 Å². The van der Waals surface area contributed by atoms with Crippen LogP contribution in [0.1, 0.15) is 16.7 Å². The minimum Gasteiger partial charge on any atom is -0.456 e. The molecule has 28 heavy (non-hydrogen) atoms. The van der Waals surface area contributed by atoms with Crippen LogP contribution in [0, 0.1) is 6.92 Å². The van der Waals surface area contributed by atoms with E-state index < -0.39 is 0 Å². The van der Waals surface area contributed by atoms with Gasteiger partial charge in [-0.15, -0.1) is 0 Å². The van der Waals surface area contributed by atoms with Crippen LogP contribution in [0.25, 0.3) is 43.9 Å². The summed E-state index contributed by atoms with van der Waals surface area (Å²) in [5.41, 5.74) is 7.51. The maximum atomic E-state index is 6.04. The van der Waals surface area contributed by atoms with E-state index in [0.29, 0.717) is 0 Å². The van der Waals surface area contributed by atoms with Crippen LogP contribution in [0.5, 0.6) is 0 Å². The van der Waals surface area contributed by atoms with E-state index in [-0.39, 0.29) is 0 Å². The maximum Gasteiger partial charge on any atom is 0.135 e. The molecule has 2 heterocycles. The fourth-order valence-electron chi connectivity index (χ4n) is 4.16. The van der Waals surface area contributed by atoms with E-state index in [0.717, 1.165) is 28.8 Å². The van der Waals surface area contributed by atoms with Crippen molar-refractivity contribution in [3.63, 3.8) is 0 Å². The van der Waals surface area contributed by atoms with Crippen molar-refractivity contribution in [3.05, 3.63) is 95.6 Å². The van der Waals surface area contributed by atoms with Gasteiger partial charge in [-0.25, -0.2) is 0 Å². The fourth-order valence-corrected chi connectivity index (χ4v) is 4.16. The van der Waals surface area contributed by atoms with Gasteiger partial charge >= 0.3 is 0 Å². The zero-order chi connectivity index (χ0) is 18.7. The normalized spacial score (nSPS) is 11.9. The van der Waals surface area contributed by atoms with Gasteiger partial charge in [-0.05, 0) is 60.4 Å². The number of fused-ring (bicyclic) bond motifs is 6. The largest absolute Gasteiger partial charge is 0.456 e. The highest BCUT2D eigenvalue weighted by Crippen LogP contribution is 2.32. The molecule has 0 atom stereocenters. The van der Waals surface area contributed by atoms with Crippen molar-refractivity contribution in [3.8, 4) is 0 Å². The van der Waals surface area contributed by atoms with Crippen LogP contribution < -0.4 is 0 Å². The molecule has 0 saturated heterocycles. The molecular weight excluding hydrogens is 344 g/mol. The summed E-state index contributed by atoms with van der Waals surface area (Å²) >= 11 is 0. The lowest BCUT2D eigenvalue weighted by atomic mass is 10.0. The van der Waals surface area contributed by atoms with E-state index in [2.05, 4.69) is 73.7 Å². The first-order valence-electron chi connectivity index (χ1n) is 9.57. The third-order valence-corrected chi connectivity index (χ3v) is 5.54. The molecule has 0 N–H and O–H groups in total. The lowest BCUT2D eigenvalue weighted by Crippen LogP contribution is -1.87. The first-order valence-corrected chi connectivity index (χ1v) is 9.57. The van der Waals surface area contributed by atoms with Crippen molar-refractivity contribution in [1.29, 1.82) is 0 Å². The summed E-state index contributed by atoms with van der Waals surface area (Å²) in [6, 6.07) is 27.6. The minimum absolute atomic E-state index is 0.863. The Bertz CT molecular complexity index is 1500. The second-order valence-corrected chi connectivity index (χ2v) is 7.54. The Morgan fingerprint density at radius 3 is 2.11 bits per heavy atom. The Hall–Kier alpha value is -3.52. The van der Waals surface area contributed by atoms with Gasteiger partial charge in [0, 0.05) is 21.5 Å². The number of aryl methyl sites for hydroxylation is 1. The van der Waals surface area contributed by atoms with Crippen LogP contribution in [-0.2, 0) is 6.42 Å². The van der Waals surface area contributed by atoms with E-state index in [1.807, 2.05) is 12.1 Å². The van der Waals surface area contributed by atoms with Crippen LogP contribution in [0.15, 0.2) is 87.7 Å². The summed E-state index contributed by atoms with van der Waals surface area (Å²) < 4.78 is 12.1. The Balaban J connectivity index is 1.43. The standard InChI is InChI=1S/C26H18O2/c1-16-6-9-21-22-14-17(8-11-24(22)28-25(21)12-16)13-18-7-10-20-19-4-2-3-5-23(19)27-26(20)15-18/h2-12,14-15H,13H2,1H3. The number of rotatable bonds is 2. The molecule has 0 spiro atoms. The third-order valence-electron chi connectivity index (χ3n) is 5.54. The fraction of sp³-hybridized carbons (Fsp3) is 0.0769. The SMILES string of the molecule is Cc1ccc2c(c1)oc1ccc(Cc3ccc4c(c3)oc3ccccc34)cc12. The molecule has 0 unspecified atom stereocenters. The molecule has 2 nitrogen and oxygen atoms in total. The summed E-state index contributed by atoms with van der Waals surface area (Å²) in [5, 5.41) is 4.70. The molecule has 4 aromatic carbocycles.